The first-order chi connectivity index (χ1) is 14.6. The Morgan fingerprint density at radius 3 is 2.06 bits per heavy atom. The third kappa shape index (κ3) is 5.94. The molecule has 0 radical (unpaired) electrons. The molecule has 31 heavy (non-hydrogen) atoms. The predicted octanol–water partition coefficient (Wildman–Crippen LogP) is 3.90. The van der Waals surface area contributed by atoms with Crippen molar-refractivity contribution in [2.24, 2.45) is 0 Å². The van der Waals surface area contributed by atoms with Crippen molar-refractivity contribution in [2.75, 3.05) is 36.4 Å². The van der Waals surface area contributed by atoms with Gasteiger partial charge in [0.05, 0.1) is 4.92 Å². The van der Waals surface area contributed by atoms with Gasteiger partial charge in [0.2, 0.25) is 0 Å². The van der Waals surface area contributed by atoms with Crippen LogP contribution >= 0.6 is 0 Å². The Morgan fingerprint density at radius 1 is 0.968 bits per heavy atom. The molecule has 2 amide bonds. The van der Waals surface area contributed by atoms with Gasteiger partial charge < -0.3 is 19.9 Å². The molecule has 0 bridgehead atoms. The molecule has 1 heterocycles. The van der Waals surface area contributed by atoms with E-state index < -0.39 is 10.5 Å². The highest BCUT2D eigenvalue weighted by atomic mass is 16.6. The van der Waals surface area contributed by atoms with Gasteiger partial charge in [-0.3, -0.25) is 14.9 Å². The maximum Gasteiger partial charge on any atom is 0.410 e. The molecule has 0 saturated carbocycles. The summed E-state index contributed by atoms with van der Waals surface area (Å²) in [6.45, 7) is 8.08. The fraction of sp³-hybridized carbons (Fsp3) is 0.364. The van der Waals surface area contributed by atoms with Crippen LogP contribution in [0, 0.1) is 10.1 Å². The molecule has 0 aromatic heterocycles. The van der Waals surface area contributed by atoms with Crippen molar-refractivity contribution >= 4 is 29.1 Å². The van der Waals surface area contributed by atoms with Gasteiger partial charge in [0.1, 0.15) is 5.60 Å². The lowest BCUT2D eigenvalue weighted by atomic mass is 10.2. The second-order valence-electron chi connectivity index (χ2n) is 8.26. The number of amides is 2. The van der Waals surface area contributed by atoms with Gasteiger partial charge in [0, 0.05) is 55.2 Å². The number of carbonyl (C=O) groups is 2. The highest BCUT2D eigenvalue weighted by Crippen LogP contribution is 2.21. The summed E-state index contributed by atoms with van der Waals surface area (Å²) < 4.78 is 5.42. The smallest absolute Gasteiger partial charge is 0.410 e. The van der Waals surface area contributed by atoms with Gasteiger partial charge in [0.15, 0.2) is 0 Å². The van der Waals surface area contributed by atoms with E-state index in [-0.39, 0.29) is 17.7 Å². The summed E-state index contributed by atoms with van der Waals surface area (Å²) in [6.07, 6.45) is -0.295. The number of hydrogen-bond acceptors (Lipinski definition) is 6. The van der Waals surface area contributed by atoms with Crippen LogP contribution < -0.4 is 10.2 Å². The largest absolute Gasteiger partial charge is 0.444 e. The molecule has 2 aromatic carbocycles. The number of rotatable bonds is 4. The van der Waals surface area contributed by atoms with Crippen LogP contribution in [0.5, 0.6) is 0 Å². The topological polar surface area (TPSA) is 105 Å². The van der Waals surface area contributed by atoms with Crippen LogP contribution in [0.4, 0.5) is 21.9 Å². The summed E-state index contributed by atoms with van der Waals surface area (Å²) in [6, 6.07) is 12.9. The number of piperazine rings is 1. The maximum atomic E-state index is 12.3. The Labute approximate surface area is 180 Å². The number of non-ortho nitro benzene ring substituents is 1. The number of nitrogens with zero attached hydrogens (tertiary/aromatic N) is 3. The van der Waals surface area contributed by atoms with E-state index in [9.17, 15) is 19.7 Å². The Bertz CT molecular complexity index is 943. The van der Waals surface area contributed by atoms with E-state index in [2.05, 4.69) is 10.2 Å². The number of ether oxygens (including phenoxy) is 1. The first-order valence-electron chi connectivity index (χ1n) is 10.0. The minimum atomic E-state index is -0.511. The first-order valence-corrected chi connectivity index (χ1v) is 10.0. The predicted molar refractivity (Wildman–Crippen MR) is 118 cm³/mol. The first kappa shape index (κ1) is 22.1. The normalized spacial score (nSPS) is 14.2. The number of carbonyl (C=O) groups excluding carboxylic acids is 2. The Morgan fingerprint density at radius 2 is 1.55 bits per heavy atom. The lowest BCUT2D eigenvalue weighted by Crippen LogP contribution is -2.50. The van der Waals surface area contributed by atoms with E-state index in [4.69, 9.17) is 4.74 Å². The van der Waals surface area contributed by atoms with Crippen molar-refractivity contribution in [3.8, 4) is 0 Å². The molecule has 0 unspecified atom stereocenters. The molecule has 1 saturated heterocycles. The number of nitrogens with one attached hydrogen (secondary N) is 1. The quantitative estimate of drug-likeness (QED) is 0.587. The highest BCUT2D eigenvalue weighted by Gasteiger charge is 2.26. The molecule has 1 N–H and O–H groups in total. The number of hydrogen-bond donors (Lipinski definition) is 1. The molecule has 164 valence electrons. The van der Waals surface area contributed by atoms with Gasteiger partial charge in [-0.25, -0.2) is 4.79 Å². The van der Waals surface area contributed by atoms with Crippen molar-refractivity contribution in [1.82, 2.24) is 4.90 Å². The van der Waals surface area contributed by atoms with Gasteiger partial charge in [-0.1, -0.05) is 0 Å². The van der Waals surface area contributed by atoms with E-state index in [1.165, 1.54) is 24.3 Å². The lowest BCUT2D eigenvalue weighted by Gasteiger charge is -2.36. The third-order valence-corrected chi connectivity index (χ3v) is 4.76. The fourth-order valence-corrected chi connectivity index (χ4v) is 3.17. The molecule has 1 aliphatic heterocycles. The zero-order valence-electron chi connectivity index (χ0n) is 17.8. The molecule has 0 atom stereocenters. The van der Waals surface area contributed by atoms with E-state index in [0.717, 1.165) is 5.69 Å². The average molecular weight is 426 g/mol. The molecule has 9 nitrogen and oxygen atoms in total. The maximum absolute atomic E-state index is 12.3. The molecule has 9 heteroatoms. The van der Waals surface area contributed by atoms with Crippen LogP contribution in [0.3, 0.4) is 0 Å². The SMILES string of the molecule is CC(C)(C)OC(=O)N1CCN(c2ccc(NC(=O)c3ccc([N+](=O)[O-])cc3)cc2)CC1. The average Bonchev–Trinajstić information content (AvgIpc) is 2.73. The standard InChI is InChI=1S/C22H26N4O5/c1-22(2,3)31-21(28)25-14-12-24(13-15-25)18-10-6-17(7-11-18)23-20(27)16-4-8-19(9-5-16)26(29)30/h4-11H,12-15H2,1-3H3,(H,23,27). The van der Waals surface area contributed by atoms with Crippen LogP contribution in [0.1, 0.15) is 31.1 Å². The molecule has 3 rings (SSSR count). The van der Waals surface area contributed by atoms with Gasteiger partial charge in [-0.15, -0.1) is 0 Å². The summed E-state index contributed by atoms with van der Waals surface area (Å²) in [7, 11) is 0. The molecule has 0 spiro atoms. The van der Waals surface area contributed by atoms with Gasteiger partial charge >= 0.3 is 6.09 Å². The summed E-state index contributed by atoms with van der Waals surface area (Å²) in [4.78, 5) is 38.6. The van der Waals surface area contributed by atoms with Crippen LogP contribution in [0.25, 0.3) is 0 Å². The van der Waals surface area contributed by atoms with Crippen molar-refractivity contribution in [3.63, 3.8) is 0 Å². The minimum absolute atomic E-state index is 0.0623. The monoisotopic (exact) mass is 426 g/mol. The van der Waals surface area contributed by atoms with Gasteiger partial charge in [-0.05, 0) is 57.2 Å². The van der Waals surface area contributed by atoms with Crippen molar-refractivity contribution < 1.29 is 19.2 Å². The van der Waals surface area contributed by atoms with Crippen LogP contribution in [-0.2, 0) is 4.74 Å². The second kappa shape index (κ2) is 9.03. The van der Waals surface area contributed by atoms with E-state index in [1.54, 1.807) is 17.0 Å². The van der Waals surface area contributed by atoms with Crippen LogP contribution in [0.15, 0.2) is 48.5 Å². The van der Waals surface area contributed by atoms with E-state index in [0.29, 0.717) is 37.4 Å². The summed E-state index contributed by atoms with van der Waals surface area (Å²) in [5, 5.41) is 13.5. The Hall–Kier alpha value is -3.62. The van der Waals surface area contributed by atoms with E-state index >= 15 is 0 Å². The number of nitro groups is 1. The van der Waals surface area contributed by atoms with Gasteiger partial charge in [0.25, 0.3) is 11.6 Å². The second-order valence-corrected chi connectivity index (χ2v) is 8.26. The summed E-state index contributed by atoms with van der Waals surface area (Å²) in [5.41, 5.74) is 1.39. The zero-order valence-corrected chi connectivity index (χ0v) is 17.8. The van der Waals surface area contributed by atoms with Crippen molar-refractivity contribution in [3.05, 3.63) is 64.2 Å². The summed E-state index contributed by atoms with van der Waals surface area (Å²) >= 11 is 0. The highest BCUT2D eigenvalue weighted by molar-refractivity contribution is 6.04. The van der Waals surface area contributed by atoms with E-state index in [1.807, 2.05) is 32.9 Å². The van der Waals surface area contributed by atoms with Gasteiger partial charge in [-0.2, -0.15) is 0 Å². The Kier molecular flexibility index (Phi) is 6.43. The molecule has 1 fully saturated rings. The molecule has 0 aliphatic carbocycles. The van der Waals surface area contributed by atoms with Crippen LogP contribution in [0.2, 0.25) is 0 Å². The number of anilines is 2. The lowest BCUT2D eigenvalue weighted by molar-refractivity contribution is -0.384. The van der Waals surface area contributed by atoms with Crippen molar-refractivity contribution in [2.45, 2.75) is 26.4 Å². The van der Waals surface area contributed by atoms with Crippen LogP contribution in [-0.4, -0.2) is 53.6 Å². The third-order valence-electron chi connectivity index (χ3n) is 4.76. The molecular weight excluding hydrogens is 400 g/mol. The van der Waals surface area contributed by atoms with Crippen molar-refractivity contribution in [1.29, 1.82) is 0 Å². The molecular formula is C22H26N4O5. The Balaban J connectivity index is 1.54. The number of benzene rings is 2. The fourth-order valence-electron chi connectivity index (χ4n) is 3.17. The zero-order chi connectivity index (χ0) is 22.6. The molecule has 1 aliphatic rings. The summed E-state index contributed by atoms with van der Waals surface area (Å²) in [5.74, 6) is -0.339. The molecule has 2 aromatic rings. The minimum Gasteiger partial charge on any atom is -0.444 e. The number of nitro benzene ring substituents is 1.